The van der Waals surface area contributed by atoms with Gasteiger partial charge in [-0.1, -0.05) is 29.3 Å². The third-order valence-corrected chi connectivity index (χ3v) is 5.97. The van der Waals surface area contributed by atoms with Gasteiger partial charge in [0.15, 0.2) is 0 Å². The predicted octanol–water partition coefficient (Wildman–Crippen LogP) is 7.35. The highest BCUT2D eigenvalue weighted by Gasteiger charge is 2.13. The number of benzene rings is 3. The Labute approximate surface area is 211 Å². The molecule has 0 aliphatic rings. The van der Waals surface area contributed by atoms with Crippen molar-refractivity contribution in [3.8, 4) is 17.6 Å². The Hall–Kier alpha value is -2.50. The van der Waals surface area contributed by atoms with Gasteiger partial charge in [0.25, 0.3) is 5.91 Å². The second-order valence-corrected chi connectivity index (χ2v) is 9.06. The number of hydrogen-bond acceptors (Lipinski definition) is 4. The molecular formula is C23H14Br2Cl2N2O3. The lowest BCUT2D eigenvalue weighted by molar-refractivity contribution is -0.112. The number of halogens is 4. The molecule has 3 rings (SSSR count). The number of carbonyl (C=O) groups is 1. The summed E-state index contributed by atoms with van der Waals surface area (Å²) >= 11 is 19.0. The van der Waals surface area contributed by atoms with Gasteiger partial charge in [0.05, 0.1) is 8.95 Å². The van der Waals surface area contributed by atoms with Crippen molar-refractivity contribution in [2.45, 2.75) is 6.61 Å². The molecule has 3 aromatic carbocycles. The second kappa shape index (κ2) is 10.9. The van der Waals surface area contributed by atoms with Crippen molar-refractivity contribution in [1.29, 1.82) is 5.26 Å². The van der Waals surface area contributed by atoms with Crippen molar-refractivity contribution < 1.29 is 14.6 Å². The van der Waals surface area contributed by atoms with E-state index in [-0.39, 0.29) is 17.9 Å². The van der Waals surface area contributed by atoms with Gasteiger partial charge in [0.2, 0.25) is 0 Å². The molecule has 0 aliphatic carbocycles. The molecule has 0 unspecified atom stereocenters. The minimum atomic E-state index is -0.567. The Balaban J connectivity index is 1.77. The maximum atomic E-state index is 12.5. The van der Waals surface area contributed by atoms with Crippen molar-refractivity contribution in [3.63, 3.8) is 0 Å². The van der Waals surface area contributed by atoms with Crippen LogP contribution in [0.1, 0.15) is 11.1 Å². The molecule has 0 spiro atoms. The smallest absolute Gasteiger partial charge is 0.266 e. The van der Waals surface area contributed by atoms with Crippen molar-refractivity contribution in [3.05, 3.63) is 90.3 Å². The summed E-state index contributed by atoms with van der Waals surface area (Å²) in [6.45, 7) is 0.223. The van der Waals surface area contributed by atoms with E-state index in [0.29, 0.717) is 36.0 Å². The molecule has 0 bridgehead atoms. The van der Waals surface area contributed by atoms with E-state index in [9.17, 15) is 15.2 Å². The summed E-state index contributed by atoms with van der Waals surface area (Å²) in [7, 11) is 0. The molecule has 0 heterocycles. The number of aromatic hydroxyl groups is 1. The predicted molar refractivity (Wildman–Crippen MR) is 133 cm³/mol. The Morgan fingerprint density at radius 2 is 1.75 bits per heavy atom. The third-order valence-electron chi connectivity index (χ3n) is 4.21. The second-order valence-electron chi connectivity index (χ2n) is 6.51. The Bertz CT molecular complexity index is 1220. The van der Waals surface area contributed by atoms with Crippen LogP contribution in [0.5, 0.6) is 11.5 Å². The van der Waals surface area contributed by atoms with Crippen LogP contribution in [0, 0.1) is 11.3 Å². The summed E-state index contributed by atoms with van der Waals surface area (Å²) in [6.07, 6.45) is 1.46. The van der Waals surface area contributed by atoms with E-state index in [0.717, 1.165) is 5.56 Å². The van der Waals surface area contributed by atoms with E-state index in [1.165, 1.54) is 30.3 Å². The van der Waals surface area contributed by atoms with Gasteiger partial charge in [0, 0.05) is 21.3 Å². The van der Waals surface area contributed by atoms with Crippen LogP contribution < -0.4 is 10.1 Å². The van der Waals surface area contributed by atoms with Crippen molar-refractivity contribution >= 4 is 72.7 Å². The lowest BCUT2D eigenvalue weighted by Crippen LogP contribution is -2.13. The molecule has 0 atom stereocenters. The van der Waals surface area contributed by atoms with Crippen LogP contribution in [0.3, 0.4) is 0 Å². The molecule has 0 fully saturated rings. The van der Waals surface area contributed by atoms with Gasteiger partial charge in [-0.2, -0.15) is 5.26 Å². The molecule has 32 heavy (non-hydrogen) atoms. The number of phenolic OH excluding ortho intramolecular Hbond substituents is 1. The fourth-order valence-electron chi connectivity index (χ4n) is 2.65. The molecule has 162 valence electrons. The summed E-state index contributed by atoms with van der Waals surface area (Å²) in [6, 6.07) is 16.5. The lowest BCUT2D eigenvalue weighted by Gasteiger charge is -2.12. The highest BCUT2D eigenvalue weighted by Crippen LogP contribution is 2.36. The van der Waals surface area contributed by atoms with Crippen LogP contribution in [0.2, 0.25) is 10.0 Å². The first kappa shape index (κ1) is 24.1. The maximum absolute atomic E-state index is 12.5. The van der Waals surface area contributed by atoms with Gasteiger partial charge in [-0.25, -0.2) is 0 Å². The van der Waals surface area contributed by atoms with Crippen LogP contribution in [0.15, 0.2) is 69.1 Å². The average molecular weight is 597 g/mol. The molecule has 2 N–H and O–H groups in total. The van der Waals surface area contributed by atoms with E-state index in [2.05, 4.69) is 37.2 Å². The minimum Gasteiger partial charge on any atom is -0.508 e. The minimum absolute atomic E-state index is 0.0781. The highest BCUT2D eigenvalue weighted by molar-refractivity contribution is 9.11. The van der Waals surface area contributed by atoms with E-state index in [1.54, 1.807) is 30.3 Å². The monoisotopic (exact) mass is 594 g/mol. The van der Waals surface area contributed by atoms with Gasteiger partial charge in [-0.15, -0.1) is 0 Å². The summed E-state index contributed by atoms with van der Waals surface area (Å²) in [5.74, 6) is 0.0535. The van der Waals surface area contributed by atoms with Crippen molar-refractivity contribution in [1.82, 2.24) is 0 Å². The Morgan fingerprint density at radius 3 is 2.34 bits per heavy atom. The van der Waals surface area contributed by atoms with Crippen LogP contribution in [0.4, 0.5) is 5.69 Å². The first-order valence-electron chi connectivity index (χ1n) is 9.05. The first-order valence-corrected chi connectivity index (χ1v) is 11.4. The van der Waals surface area contributed by atoms with E-state index >= 15 is 0 Å². The summed E-state index contributed by atoms with van der Waals surface area (Å²) in [4.78, 5) is 12.5. The largest absolute Gasteiger partial charge is 0.508 e. The fraction of sp³-hybridized carbons (Fsp3) is 0.0435. The van der Waals surface area contributed by atoms with Crippen molar-refractivity contribution in [2.75, 3.05) is 5.32 Å². The number of phenols is 1. The Morgan fingerprint density at radius 1 is 1.09 bits per heavy atom. The molecule has 0 saturated heterocycles. The molecule has 0 saturated carbocycles. The molecular weight excluding hydrogens is 583 g/mol. The average Bonchev–Trinajstić information content (AvgIpc) is 2.74. The third kappa shape index (κ3) is 6.27. The van der Waals surface area contributed by atoms with Gasteiger partial charge in [0.1, 0.15) is 29.7 Å². The molecule has 3 aromatic rings. The van der Waals surface area contributed by atoms with E-state index in [4.69, 9.17) is 27.9 Å². The van der Waals surface area contributed by atoms with Gasteiger partial charge in [-0.3, -0.25) is 4.79 Å². The Kier molecular flexibility index (Phi) is 8.21. The number of nitrogens with zero attached hydrogens (tertiary/aromatic N) is 1. The summed E-state index contributed by atoms with van der Waals surface area (Å²) in [5.41, 5.74) is 1.76. The molecule has 9 heteroatoms. The fourth-order valence-corrected chi connectivity index (χ4v) is 4.56. The summed E-state index contributed by atoms with van der Waals surface area (Å²) < 4.78 is 7.14. The molecule has 0 radical (unpaired) electrons. The number of amides is 1. The zero-order valence-corrected chi connectivity index (χ0v) is 20.9. The van der Waals surface area contributed by atoms with Gasteiger partial charge >= 0.3 is 0 Å². The lowest BCUT2D eigenvalue weighted by atomic mass is 10.1. The quantitative estimate of drug-likeness (QED) is 0.177. The zero-order chi connectivity index (χ0) is 23.3. The highest BCUT2D eigenvalue weighted by atomic mass is 79.9. The van der Waals surface area contributed by atoms with Crippen molar-refractivity contribution in [2.24, 2.45) is 0 Å². The number of anilines is 1. The van der Waals surface area contributed by atoms with Crippen LogP contribution in [-0.4, -0.2) is 11.0 Å². The summed E-state index contributed by atoms with van der Waals surface area (Å²) in [5, 5.41) is 22.4. The molecule has 0 aliphatic heterocycles. The SMILES string of the molecule is N#C/C(=C\c1cc(Br)c(OCc2ccc(Cl)cc2Cl)c(Br)c1)C(=O)Nc1ccc(O)cc1. The van der Waals surface area contributed by atoms with Gasteiger partial charge in [-0.05, 0) is 92.0 Å². The number of rotatable bonds is 6. The maximum Gasteiger partial charge on any atom is 0.266 e. The molecule has 5 nitrogen and oxygen atoms in total. The standard InChI is InChI=1S/C23H14Br2Cl2N2O3/c24-19-8-13(7-15(11-28)23(31)29-17-3-5-18(30)6-4-17)9-20(25)22(19)32-12-14-1-2-16(26)10-21(14)27/h1-10,30H,12H2,(H,29,31)/b15-7+. The van der Waals surface area contributed by atoms with E-state index in [1.807, 2.05) is 6.07 Å². The number of hydrogen-bond donors (Lipinski definition) is 2. The van der Waals surface area contributed by atoms with Crippen LogP contribution in [-0.2, 0) is 11.4 Å². The topological polar surface area (TPSA) is 82.3 Å². The molecule has 1 amide bonds. The normalized spacial score (nSPS) is 11.0. The van der Waals surface area contributed by atoms with Crippen LogP contribution >= 0.6 is 55.1 Å². The number of nitriles is 1. The van der Waals surface area contributed by atoms with Gasteiger partial charge < -0.3 is 15.2 Å². The number of nitrogens with one attached hydrogen (secondary N) is 1. The number of carbonyl (C=O) groups excluding carboxylic acids is 1. The zero-order valence-electron chi connectivity index (χ0n) is 16.2. The molecule has 0 aromatic heterocycles. The van der Waals surface area contributed by atoms with E-state index < -0.39 is 5.91 Å². The van der Waals surface area contributed by atoms with Crippen LogP contribution in [0.25, 0.3) is 6.08 Å². The number of ether oxygens (including phenoxy) is 1. The first-order chi connectivity index (χ1) is 15.3.